The number of anilines is 1. The van der Waals surface area contributed by atoms with Crippen LogP contribution in [0, 0.1) is 6.92 Å². The van der Waals surface area contributed by atoms with Crippen LogP contribution in [-0.4, -0.2) is 32.7 Å². The lowest BCUT2D eigenvalue weighted by Crippen LogP contribution is -2.27. The van der Waals surface area contributed by atoms with Gasteiger partial charge in [-0.1, -0.05) is 19.1 Å². The molecule has 1 aromatic carbocycles. The summed E-state index contributed by atoms with van der Waals surface area (Å²) in [6, 6.07) is 9.15. The summed E-state index contributed by atoms with van der Waals surface area (Å²) in [6.07, 6.45) is 4.50. The van der Waals surface area contributed by atoms with Crippen LogP contribution in [0.4, 0.5) is 5.82 Å². The molecule has 2 aromatic heterocycles. The molecule has 7 nitrogen and oxygen atoms in total. The fourth-order valence-corrected chi connectivity index (χ4v) is 2.88. The van der Waals surface area contributed by atoms with Crippen LogP contribution in [0.5, 0.6) is 0 Å². The van der Waals surface area contributed by atoms with Crippen LogP contribution in [0.2, 0.25) is 0 Å². The highest BCUT2D eigenvalue weighted by atomic mass is 16.1. The molecule has 0 aliphatic rings. The average Bonchev–Trinajstić information content (AvgIpc) is 3.11. The largest absolute Gasteiger partial charge is 0.373 e. The number of hydrogen-bond donors (Lipinski definition) is 2. The summed E-state index contributed by atoms with van der Waals surface area (Å²) in [5.41, 5.74) is 3.35. The lowest BCUT2D eigenvalue weighted by molar-refractivity contribution is 0.0935. The molecule has 0 radical (unpaired) electrons. The number of carbonyl (C=O) groups excluding carboxylic acids is 1. The Balaban J connectivity index is 1.76. The predicted octanol–water partition coefficient (Wildman–Crippen LogP) is 3.11. The molecule has 0 saturated heterocycles. The van der Waals surface area contributed by atoms with Gasteiger partial charge in [-0.25, -0.2) is 9.97 Å². The van der Waals surface area contributed by atoms with E-state index in [-0.39, 0.29) is 11.9 Å². The van der Waals surface area contributed by atoms with Crippen LogP contribution in [0.25, 0.3) is 11.4 Å². The quantitative estimate of drug-likeness (QED) is 0.702. The van der Waals surface area contributed by atoms with Crippen molar-refractivity contribution < 1.29 is 4.79 Å². The Morgan fingerprint density at radius 1 is 1.22 bits per heavy atom. The summed E-state index contributed by atoms with van der Waals surface area (Å²) in [4.78, 5) is 21.6. The Labute approximate surface area is 158 Å². The first-order valence-electron chi connectivity index (χ1n) is 8.93. The minimum absolute atomic E-state index is 0.0656. The monoisotopic (exact) mass is 364 g/mol. The smallest absolute Gasteiger partial charge is 0.251 e. The van der Waals surface area contributed by atoms with Gasteiger partial charge in [0.15, 0.2) is 5.82 Å². The zero-order valence-corrected chi connectivity index (χ0v) is 16.0. The van der Waals surface area contributed by atoms with Gasteiger partial charge in [0.05, 0.1) is 12.2 Å². The molecule has 0 fully saturated rings. The third kappa shape index (κ3) is 4.31. The second-order valence-electron chi connectivity index (χ2n) is 6.43. The maximum absolute atomic E-state index is 12.6. The average molecular weight is 364 g/mol. The number of aromatic nitrogens is 4. The highest BCUT2D eigenvalue weighted by Crippen LogP contribution is 2.20. The molecule has 140 valence electrons. The number of nitrogens with one attached hydrogen (secondary N) is 2. The van der Waals surface area contributed by atoms with Crippen molar-refractivity contribution in [3.63, 3.8) is 0 Å². The minimum Gasteiger partial charge on any atom is -0.373 e. The van der Waals surface area contributed by atoms with E-state index < -0.39 is 0 Å². The summed E-state index contributed by atoms with van der Waals surface area (Å²) < 4.78 is 1.74. The maximum Gasteiger partial charge on any atom is 0.251 e. The number of amides is 1. The third-order valence-electron chi connectivity index (χ3n) is 4.36. The molecule has 0 unspecified atom stereocenters. The van der Waals surface area contributed by atoms with Crippen molar-refractivity contribution in [3.8, 4) is 11.4 Å². The minimum atomic E-state index is -0.113. The molecule has 3 aromatic rings. The van der Waals surface area contributed by atoms with Crippen LogP contribution in [0.1, 0.15) is 41.0 Å². The molecule has 1 amide bonds. The van der Waals surface area contributed by atoms with Gasteiger partial charge in [-0.3, -0.25) is 9.48 Å². The van der Waals surface area contributed by atoms with Crippen LogP contribution < -0.4 is 10.6 Å². The van der Waals surface area contributed by atoms with Gasteiger partial charge < -0.3 is 10.6 Å². The SMILES string of the molecule is CC[C@@H](NC(=O)c1ccc(-c2nc(C)cc(NC)n2)cc1)c1cnn(C)c1. The first kappa shape index (κ1) is 18.6. The van der Waals surface area contributed by atoms with E-state index in [1.165, 1.54) is 0 Å². The summed E-state index contributed by atoms with van der Waals surface area (Å²) in [6.45, 7) is 3.96. The van der Waals surface area contributed by atoms with E-state index in [0.717, 1.165) is 29.1 Å². The molecule has 0 saturated carbocycles. The fourth-order valence-electron chi connectivity index (χ4n) is 2.88. The van der Waals surface area contributed by atoms with Crippen molar-refractivity contribution in [2.45, 2.75) is 26.3 Å². The van der Waals surface area contributed by atoms with Crippen LogP contribution >= 0.6 is 0 Å². The van der Waals surface area contributed by atoms with Crippen molar-refractivity contribution in [2.24, 2.45) is 7.05 Å². The first-order chi connectivity index (χ1) is 13.0. The Morgan fingerprint density at radius 2 is 1.96 bits per heavy atom. The topological polar surface area (TPSA) is 84.7 Å². The van der Waals surface area contributed by atoms with E-state index in [1.807, 2.05) is 52.3 Å². The molecule has 0 aliphatic heterocycles. The number of nitrogens with zero attached hydrogens (tertiary/aromatic N) is 4. The molecule has 0 bridgehead atoms. The number of aryl methyl sites for hydroxylation is 2. The zero-order chi connectivity index (χ0) is 19.4. The van der Waals surface area contributed by atoms with Gasteiger partial charge >= 0.3 is 0 Å². The van der Waals surface area contributed by atoms with E-state index in [9.17, 15) is 4.79 Å². The highest BCUT2D eigenvalue weighted by molar-refractivity contribution is 5.94. The number of hydrogen-bond acceptors (Lipinski definition) is 5. The molecular formula is C20H24N6O. The number of rotatable bonds is 6. The van der Waals surface area contributed by atoms with Gasteiger partial charge in [0.1, 0.15) is 5.82 Å². The molecule has 0 aliphatic carbocycles. The predicted molar refractivity (Wildman–Crippen MR) is 105 cm³/mol. The van der Waals surface area contributed by atoms with E-state index in [2.05, 4.69) is 25.7 Å². The van der Waals surface area contributed by atoms with Gasteiger partial charge in [0.25, 0.3) is 5.91 Å². The van der Waals surface area contributed by atoms with Gasteiger partial charge in [-0.05, 0) is 25.5 Å². The van der Waals surface area contributed by atoms with Gasteiger partial charge in [-0.15, -0.1) is 0 Å². The standard InChI is InChI=1S/C20H24N6O/c1-5-17(16-11-22-26(4)12-16)24-20(27)15-8-6-14(7-9-15)19-23-13(2)10-18(21-3)25-19/h6-12,17H,5H2,1-4H3,(H,24,27)(H,21,23,25)/t17-/m1/s1. The molecule has 3 rings (SSSR count). The first-order valence-corrected chi connectivity index (χ1v) is 8.93. The lowest BCUT2D eigenvalue weighted by atomic mass is 10.1. The second kappa shape index (κ2) is 7.99. The van der Waals surface area contributed by atoms with Gasteiger partial charge in [-0.2, -0.15) is 5.10 Å². The van der Waals surface area contributed by atoms with Crippen molar-refractivity contribution in [1.82, 2.24) is 25.1 Å². The zero-order valence-electron chi connectivity index (χ0n) is 16.0. The molecule has 2 heterocycles. The lowest BCUT2D eigenvalue weighted by Gasteiger charge is -2.15. The van der Waals surface area contributed by atoms with E-state index in [0.29, 0.717) is 11.4 Å². The summed E-state index contributed by atoms with van der Waals surface area (Å²) in [5.74, 6) is 1.29. The van der Waals surface area contributed by atoms with E-state index >= 15 is 0 Å². The van der Waals surface area contributed by atoms with Gasteiger partial charge in [0, 0.05) is 48.7 Å². The molecule has 0 spiro atoms. The summed E-state index contributed by atoms with van der Waals surface area (Å²) in [5, 5.41) is 10.3. The number of benzene rings is 1. The molecule has 7 heteroatoms. The second-order valence-corrected chi connectivity index (χ2v) is 6.43. The van der Waals surface area contributed by atoms with E-state index in [4.69, 9.17) is 0 Å². The van der Waals surface area contributed by atoms with Crippen molar-refractivity contribution >= 4 is 11.7 Å². The van der Waals surface area contributed by atoms with Crippen LogP contribution in [0.3, 0.4) is 0 Å². The Morgan fingerprint density at radius 3 is 2.56 bits per heavy atom. The van der Waals surface area contributed by atoms with Crippen molar-refractivity contribution in [3.05, 3.63) is 59.5 Å². The summed E-state index contributed by atoms with van der Waals surface area (Å²) in [7, 11) is 3.69. The normalized spacial score (nSPS) is 11.9. The molecule has 1 atom stereocenters. The molecular weight excluding hydrogens is 340 g/mol. The molecule has 27 heavy (non-hydrogen) atoms. The fraction of sp³-hybridized carbons (Fsp3) is 0.300. The van der Waals surface area contributed by atoms with Crippen molar-refractivity contribution in [1.29, 1.82) is 0 Å². The summed E-state index contributed by atoms with van der Waals surface area (Å²) >= 11 is 0. The van der Waals surface area contributed by atoms with Crippen molar-refractivity contribution in [2.75, 3.05) is 12.4 Å². The van der Waals surface area contributed by atoms with E-state index in [1.54, 1.807) is 23.0 Å². The maximum atomic E-state index is 12.6. The van der Waals surface area contributed by atoms with Gasteiger partial charge in [0.2, 0.25) is 0 Å². The Bertz CT molecular complexity index is 932. The molecule has 2 N–H and O–H groups in total. The Kier molecular flexibility index (Phi) is 5.49. The third-order valence-corrected chi connectivity index (χ3v) is 4.36. The highest BCUT2D eigenvalue weighted by Gasteiger charge is 2.16. The Hall–Kier alpha value is -3.22. The van der Waals surface area contributed by atoms with Crippen LogP contribution in [0.15, 0.2) is 42.7 Å². The van der Waals surface area contributed by atoms with Crippen LogP contribution in [-0.2, 0) is 7.05 Å². The number of carbonyl (C=O) groups is 1.